The molecule has 0 unspecified atom stereocenters. The summed E-state index contributed by atoms with van der Waals surface area (Å²) in [5.74, 6) is -1.84. The number of benzene rings is 2. The molecule has 113 valence electrons. The molecule has 0 spiro atoms. The summed E-state index contributed by atoms with van der Waals surface area (Å²) in [6, 6.07) is 11.1. The Morgan fingerprint density at radius 3 is 2.78 bits per heavy atom. The summed E-state index contributed by atoms with van der Waals surface area (Å²) < 4.78 is 29.5. The van der Waals surface area contributed by atoms with Crippen LogP contribution in [-0.4, -0.2) is 9.97 Å². The summed E-state index contributed by atoms with van der Waals surface area (Å²) >= 11 is 7.11. The Morgan fingerprint density at radius 1 is 1.13 bits per heavy atom. The highest BCUT2D eigenvalue weighted by atomic mass is 35.5. The second-order valence-corrected chi connectivity index (χ2v) is 6.52. The van der Waals surface area contributed by atoms with Gasteiger partial charge in [0.05, 0.1) is 21.7 Å². The van der Waals surface area contributed by atoms with Crippen molar-refractivity contribution >= 4 is 34.0 Å². The van der Waals surface area contributed by atoms with Crippen LogP contribution in [-0.2, 0) is 0 Å². The van der Waals surface area contributed by atoms with Crippen LogP contribution in [0.15, 0.2) is 42.0 Å². The fourth-order valence-corrected chi connectivity index (χ4v) is 3.33. The number of aromatic amines is 1. The number of fused-ring (bicyclic) bond motifs is 1. The normalized spacial score (nSPS) is 11.3. The van der Waals surface area contributed by atoms with Gasteiger partial charge in [0.2, 0.25) is 0 Å². The third-order valence-electron chi connectivity index (χ3n) is 3.60. The molecule has 2 nitrogen and oxygen atoms in total. The van der Waals surface area contributed by atoms with Gasteiger partial charge in [0, 0.05) is 16.5 Å². The van der Waals surface area contributed by atoms with Gasteiger partial charge in [-0.05, 0) is 41.5 Å². The Morgan fingerprint density at radius 2 is 2.00 bits per heavy atom. The first-order valence-electron chi connectivity index (χ1n) is 6.71. The standard InChI is InChI=1S/C17H8ClF2N2S/c18-15-6-10(7-23-15)12-3-2-11(16(19)17(12)20)9-1-4-13-14(5-9)22-8-21-13/h1-2,4-8H,(H,21,22). The first-order chi connectivity index (χ1) is 11.1. The van der Waals surface area contributed by atoms with E-state index in [0.29, 0.717) is 21.0 Å². The lowest BCUT2D eigenvalue weighted by Gasteiger charge is -2.07. The highest BCUT2D eigenvalue weighted by Gasteiger charge is 2.17. The number of H-pyrrole nitrogens is 1. The van der Waals surface area contributed by atoms with Crippen LogP contribution in [0, 0.1) is 17.7 Å². The van der Waals surface area contributed by atoms with Gasteiger partial charge in [0.15, 0.2) is 11.6 Å². The van der Waals surface area contributed by atoms with E-state index in [1.807, 2.05) is 0 Å². The topological polar surface area (TPSA) is 28.7 Å². The van der Waals surface area contributed by atoms with Gasteiger partial charge in [-0.25, -0.2) is 13.8 Å². The molecule has 0 aliphatic carbocycles. The van der Waals surface area contributed by atoms with Crippen LogP contribution < -0.4 is 0 Å². The predicted molar refractivity (Wildman–Crippen MR) is 88.6 cm³/mol. The SMILES string of the molecule is Fc1c(-c2csc(Cl)c2)[c]cc(-c2ccc3[nH]cnc3c2)c1F. The maximum Gasteiger partial charge on any atom is 0.167 e. The molecular weight excluding hydrogens is 338 g/mol. The van der Waals surface area contributed by atoms with Gasteiger partial charge in [-0.15, -0.1) is 11.3 Å². The molecule has 1 radical (unpaired) electrons. The van der Waals surface area contributed by atoms with Gasteiger partial charge in [0.1, 0.15) is 0 Å². The van der Waals surface area contributed by atoms with Crippen molar-refractivity contribution in [3.63, 3.8) is 0 Å². The summed E-state index contributed by atoms with van der Waals surface area (Å²) in [6.45, 7) is 0. The minimum atomic E-state index is -0.931. The smallest absolute Gasteiger partial charge is 0.167 e. The third kappa shape index (κ3) is 2.42. The molecule has 23 heavy (non-hydrogen) atoms. The van der Waals surface area contributed by atoms with Crippen LogP contribution in [0.25, 0.3) is 33.3 Å². The minimum absolute atomic E-state index is 0.0789. The van der Waals surface area contributed by atoms with Crippen LogP contribution >= 0.6 is 22.9 Å². The average molecular weight is 346 g/mol. The van der Waals surface area contributed by atoms with E-state index in [0.717, 1.165) is 5.52 Å². The summed E-state index contributed by atoms with van der Waals surface area (Å²) in [5.41, 5.74) is 2.82. The molecule has 1 N–H and O–H groups in total. The number of nitrogens with one attached hydrogen (secondary N) is 1. The van der Waals surface area contributed by atoms with E-state index in [9.17, 15) is 8.78 Å². The van der Waals surface area contributed by atoms with Crippen molar-refractivity contribution in [2.45, 2.75) is 0 Å². The second-order valence-electron chi connectivity index (χ2n) is 4.98. The Kier molecular flexibility index (Phi) is 3.39. The molecule has 0 saturated carbocycles. The Bertz CT molecular complexity index is 1020. The summed E-state index contributed by atoms with van der Waals surface area (Å²) in [7, 11) is 0. The number of hydrogen-bond donors (Lipinski definition) is 1. The molecule has 2 aromatic heterocycles. The molecule has 6 heteroatoms. The molecule has 0 aliphatic heterocycles. The summed E-state index contributed by atoms with van der Waals surface area (Å²) in [4.78, 5) is 7.09. The zero-order valence-electron chi connectivity index (χ0n) is 11.5. The van der Waals surface area contributed by atoms with Crippen molar-refractivity contribution in [3.05, 3.63) is 64.1 Å². The number of imidazole rings is 1. The van der Waals surface area contributed by atoms with E-state index >= 15 is 0 Å². The second kappa shape index (κ2) is 5.44. The molecule has 0 bridgehead atoms. The van der Waals surface area contributed by atoms with Crippen molar-refractivity contribution in [2.24, 2.45) is 0 Å². The van der Waals surface area contributed by atoms with E-state index in [2.05, 4.69) is 16.0 Å². The Balaban J connectivity index is 1.85. The molecule has 0 amide bonds. The van der Waals surface area contributed by atoms with Gasteiger partial charge in [-0.1, -0.05) is 17.7 Å². The van der Waals surface area contributed by atoms with Crippen LogP contribution in [0.3, 0.4) is 0 Å². The van der Waals surface area contributed by atoms with E-state index in [1.54, 1.807) is 36.0 Å². The zero-order valence-corrected chi connectivity index (χ0v) is 13.1. The zero-order chi connectivity index (χ0) is 16.0. The molecule has 2 heterocycles. The number of rotatable bonds is 2. The number of thiophene rings is 1. The third-order valence-corrected chi connectivity index (χ3v) is 4.69. The molecule has 2 aromatic carbocycles. The van der Waals surface area contributed by atoms with Crippen LogP contribution in [0.4, 0.5) is 8.78 Å². The number of halogens is 3. The molecular formula is C17H8ClF2N2S. The maximum atomic E-state index is 14.5. The van der Waals surface area contributed by atoms with Crippen molar-refractivity contribution in [1.29, 1.82) is 0 Å². The Hall–Kier alpha value is -2.24. The van der Waals surface area contributed by atoms with Gasteiger partial charge in [0.25, 0.3) is 0 Å². The van der Waals surface area contributed by atoms with Crippen LogP contribution in [0.2, 0.25) is 4.34 Å². The van der Waals surface area contributed by atoms with Crippen molar-refractivity contribution < 1.29 is 8.78 Å². The first kappa shape index (κ1) is 14.4. The number of nitrogens with zero attached hydrogens (tertiary/aromatic N) is 1. The quantitative estimate of drug-likeness (QED) is 0.496. The van der Waals surface area contributed by atoms with E-state index in [1.165, 1.54) is 17.4 Å². The fraction of sp³-hybridized carbons (Fsp3) is 0. The molecule has 4 rings (SSSR count). The lowest BCUT2D eigenvalue weighted by molar-refractivity contribution is 0.513. The van der Waals surface area contributed by atoms with Crippen molar-refractivity contribution in [2.75, 3.05) is 0 Å². The lowest BCUT2D eigenvalue weighted by Crippen LogP contribution is -1.93. The monoisotopic (exact) mass is 345 g/mol. The Labute approximate surface area is 139 Å². The molecule has 4 aromatic rings. The summed E-state index contributed by atoms with van der Waals surface area (Å²) in [5, 5.41) is 1.67. The van der Waals surface area contributed by atoms with E-state index in [4.69, 9.17) is 11.6 Å². The van der Waals surface area contributed by atoms with Gasteiger partial charge in [-0.3, -0.25) is 0 Å². The van der Waals surface area contributed by atoms with Gasteiger partial charge in [-0.2, -0.15) is 0 Å². The van der Waals surface area contributed by atoms with Crippen molar-refractivity contribution in [1.82, 2.24) is 9.97 Å². The van der Waals surface area contributed by atoms with Gasteiger partial charge >= 0.3 is 0 Å². The van der Waals surface area contributed by atoms with Crippen LogP contribution in [0.5, 0.6) is 0 Å². The lowest BCUT2D eigenvalue weighted by atomic mass is 10.00. The van der Waals surface area contributed by atoms with Crippen LogP contribution in [0.1, 0.15) is 0 Å². The molecule has 0 aliphatic rings. The first-order valence-corrected chi connectivity index (χ1v) is 7.97. The molecule has 0 atom stereocenters. The highest BCUT2D eigenvalue weighted by molar-refractivity contribution is 7.14. The maximum absolute atomic E-state index is 14.5. The summed E-state index contributed by atoms with van der Waals surface area (Å²) in [6.07, 6.45) is 1.56. The van der Waals surface area contributed by atoms with E-state index in [-0.39, 0.29) is 11.1 Å². The predicted octanol–water partition coefficient (Wildman–Crippen LogP) is 5.69. The van der Waals surface area contributed by atoms with Gasteiger partial charge < -0.3 is 4.98 Å². The largest absolute Gasteiger partial charge is 0.345 e. The average Bonchev–Trinajstić information content (AvgIpc) is 3.18. The van der Waals surface area contributed by atoms with Crippen molar-refractivity contribution in [3.8, 4) is 22.3 Å². The number of aromatic nitrogens is 2. The van der Waals surface area contributed by atoms with E-state index < -0.39 is 11.6 Å². The number of hydrogen-bond acceptors (Lipinski definition) is 2. The molecule has 0 saturated heterocycles. The highest BCUT2D eigenvalue weighted by Crippen LogP contribution is 2.34. The fourth-order valence-electron chi connectivity index (χ4n) is 2.46. The molecule has 0 fully saturated rings. The minimum Gasteiger partial charge on any atom is -0.345 e.